The van der Waals surface area contributed by atoms with Gasteiger partial charge in [0.1, 0.15) is 12.1 Å². The lowest BCUT2D eigenvalue weighted by molar-refractivity contribution is -0.150. The molecule has 1 amide bonds. The summed E-state index contributed by atoms with van der Waals surface area (Å²) in [6, 6.07) is -0.854. The van der Waals surface area contributed by atoms with Crippen LogP contribution in [0.15, 0.2) is 24.3 Å². The zero-order chi connectivity index (χ0) is 36.8. The summed E-state index contributed by atoms with van der Waals surface area (Å²) in [4.78, 5) is 36.2. The van der Waals surface area contributed by atoms with Gasteiger partial charge in [-0.1, -0.05) is 141 Å². The van der Waals surface area contributed by atoms with Crippen LogP contribution in [0.4, 0.5) is 0 Å². The minimum absolute atomic E-state index is 0.0153. The average molecular weight is 705 g/mol. The molecule has 2 atom stereocenters. The van der Waals surface area contributed by atoms with Crippen LogP contribution < -0.4 is 11.1 Å². The van der Waals surface area contributed by atoms with Crippen LogP contribution in [-0.4, -0.2) is 41.6 Å². The van der Waals surface area contributed by atoms with Crippen LogP contribution in [0.3, 0.4) is 0 Å². The third-order valence-corrected chi connectivity index (χ3v) is 9.52. The molecular formula is C43H80N2O5. The Hall–Kier alpha value is -2.15. The molecule has 7 nitrogen and oxygen atoms in total. The minimum atomic E-state index is -1.00. The summed E-state index contributed by atoms with van der Waals surface area (Å²) in [5.41, 5.74) is 5.47. The van der Waals surface area contributed by atoms with E-state index < -0.39 is 12.0 Å². The molecule has 0 saturated carbocycles. The maximum atomic E-state index is 12.7. The van der Waals surface area contributed by atoms with E-state index >= 15 is 0 Å². The lowest BCUT2D eigenvalue weighted by Gasteiger charge is -2.18. The van der Waals surface area contributed by atoms with E-state index in [-0.39, 0.29) is 18.0 Å². The summed E-state index contributed by atoms with van der Waals surface area (Å²) in [7, 11) is 0. The first-order chi connectivity index (χ1) is 24.4. The molecule has 292 valence electrons. The molecular weight excluding hydrogens is 624 g/mol. The van der Waals surface area contributed by atoms with Crippen LogP contribution in [0.25, 0.3) is 0 Å². The van der Waals surface area contributed by atoms with Crippen molar-refractivity contribution in [1.29, 1.82) is 0 Å². The molecule has 0 radical (unpaired) electrons. The molecule has 4 N–H and O–H groups in total. The van der Waals surface area contributed by atoms with Gasteiger partial charge >= 0.3 is 11.9 Å². The molecule has 0 saturated heterocycles. The third-order valence-electron chi connectivity index (χ3n) is 9.52. The number of ether oxygens (including phenoxy) is 1. The van der Waals surface area contributed by atoms with Gasteiger partial charge in [0.25, 0.3) is 0 Å². The second kappa shape index (κ2) is 38.1. The van der Waals surface area contributed by atoms with Crippen molar-refractivity contribution in [1.82, 2.24) is 5.32 Å². The van der Waals surface area contributed by atoms with Gasteiger partial charge in [0.15, 0.2) is 0 Å². The van der Waals surface area contributed by atoms with Crippen LogP contribution in [0.5, 0.6) is 0 Å². The number of unbranched alkanes of at least 4 members (excludes halogenated alkanes) is 20. The van der Waals surface area contributed by atoms with E-state index in [4.69, 9.17) is 10.5 Å². The summed E-state index contributed by atoms with van der Waals surface area (Å²) in [6.07, 6.45) is 42.3. The number of amides is 1. The van der Waals surface area contributed by atoms with E-state index in [2.05, 4.69) is 43.5 Å². The van der Waals surface area contributed by atoms with Gasteiger partial charge in [-0.2, -0.15) is 0 Å². The van der Waals surface area contributed by atoms with Crippen molar-refractivity contribution < 1.29 is 24.2 Å². The van der Waals surface area contributed by atoms with Crippen molar-refractivity contribution in [3.8, 4) is 0 Å². The maximum Gasteiger partial charge on any atom is 0.326 e. The number of allylic oxidation sites excluding steroid dienone is 4. The van der Waals surface area contributed by atoms with Crippen molar-refractivity contribution in [3.63, 3.8) is 0 Å². The number of nitrogens with one attached hydrogen (secondary N) is 1. The van der Waals surface area contributed by atoms with Crippen LogP contribution in [0.2, 0.25) is 0 Å². The Balaban J connectivity index is 4.10. The standard InChI is InChI=1S/C43H80N2O5/c1-3-5-7-9-11-12-13-14-15-16-17-18-19-20-21-22-27-31-37-42(47)50-39(33-28-24-10-8-6-4-2)34-29-25-23-26-30-36-41(46)45-40(43(48)49)35-32-38-44/h12-13,15-16,39-40H,3-11,14,17-38,44H2,1-2H3,(H,45,46)(H,48,49)/b13-12-,16-15-. The predicted octanol–water partition coefficient (Wildman–Crippen LogP) is 11.7. The number of hydrogen-bond acceptors (Lipinski definition) is 5. The van der Waals surface area contributed by atoms with Gasteiger partial charge in [-0.15, -0.1) is 0 Å². The molecule has 0 rings (SSSR count). The smallest absolute Gasteiger partial charge is 0.326 e. The van der Waals surface area contributed by atoms with E-state index in [0.717, 1.165) is 70.6 Å². The average Bonchev–Trinajstić information content (AvgIpc) is 3.10. The first-order valence-electron chi connectivity index (χ1n) is 21.2. The molecule has 0 aliphatic heterocycles. The molecule has 0 bridgehead atoms. The fourth-order valence-electron chi connectivity index (χ4n) is 6.30. The van der Waals surface area contributed by atoms with E-state index in [1.165, 1.54) is 103 Å². The molecule has 2 unspecified atom stereocenters. The molecule has 0 aliphatic rings. The molecule has 7 heteroatoms. The first-order valence-corrected chi connectivity index (χ1v) is 21.2. The summed E-state index contributed by atoms with van der Waals surface area (Å²) in [5, 5.41) is 11.9. The fraction of sp³-hybridized carbons (Fsp3) is 0.837. The summed E-state index contributed by atoms with van der Waals surface area (Å²) >= 11 is 0. The van der Waals surface area contributed by atoms with Crippen LogP contribution in [0.1, 0.15) is 213 Å². The van der Waals surface area contributed by atoms with E-state index in [9.17, 15) is 19.5 Å². The SMILES string of the molecule is CCCCCC/C=C\C/C=C\CCCCCCCCCC(=O)OC(CCCCCCCC)CCCCCCCC(=O)NC(CCCN)C(=O)O. The Morgan fingerprint density at radius 2 is 1.04 bits per heavy atom. The topological polar surface area (TPSA) is 119 Å². The van der Waals surface area contributed by atoms with Crippen LogP contribution in [-0.2, 0) is 19.1 Å². The Kier molecular flexibility index (Phi) is 36.5. The number of carbonyl (C=O) groups is 3. The molecule has 0 aliphatic carbocycles. The van der Waals surface area contributed by atoms with Crippen molar-refractivity contribution in [2.45, 2.75) is 225 Å². The second-order valence-corrected chi connectivity index (χ2v) is 14.4. The zero-order valence-corrected chi connectivity index (χ0v) is 32.7. The zero-order valence-electron chi connectivity index (χ0n) is 32.7. The number of carboxylic acid groups (broad SMARTS) is 1. The highest BCUT2D eigenvalue weighted by Gasteiger charge is 2.19. The number of carboxylic acids is 1. The third kappa shape index (κ3) is 34.3. The summed E-state index contributed by atoms with van der Waals surface area (Å²) < 4.78 is 6.00. The fourth-order valence-corrected chi connectivity index (χ4v) is 6.30. The lowest BCUT2D eigenvalue weighted by atomic mass is 10.0. The predicted molar refractivity (Wildman–Crippen MR) is 211 cm³/mol. The quantitative estimate of drug-likeness (QED) is 0.0334. The normalized spacial score (nSPS) is 12.9. The number of esters is 1. The Labute approximate surface area is 308 Å². The summed E-state index contributed by atoms with van der Waals surface area (Å²) in [6.45, 7) is 4.91. The maximum absolute atomic E-state index is 12.7. The molecule has 0 aromatic rings. The number of rotatable bonds is 38. The highest BCUT2D eigenvalue weighted by Crippen LogP contribution is 2.19. The van der Waals surface area contributed by atoms with Crippen LogP contribution in [0, 0.1) is 0 Å². The van der Waals surface area contributed by atoms with E-state index in [0.29, 0.717) is 32.2 Å². The second-order valence-electron chi connectivity index (χ2n) is 14.4. The van der Waals surface area contributed by atoms with Crippen molar-refractivity contribution in [2.75, 3.05) is 6.54 Å². The minimum Gasteiger partial charge on any atom is -0.480 e. The molecule has 0 heterocycles. The van der Waals surface area contributed by atoms with Crippen LogP contribution >= 0.6 is 0 Å². The van der Waals surface area contributed by atoms with Gasteiger partial charge in [-0.25, -0.2) is 4.79 Å². The number of aliphatic carboxylic acids is 1. The molecule has 0 fully saturated rings. The highest BCUT2D eigenvalue weighted by atomic mass is 16.5. The van der Waals surface area contributed by atoms with Gasteiger partial charge in [-0.05, 0) is 90.0 Å². The van der Waals surface area contributed by atoms with E-state index in [1.54, 1.807) is 0 Å². The highest BCUT2D eigenvalue weighted by molar-refractivity contribution is 5.83. The van der Waals surface area contributed by atoms with Crippen molar-refractivity contribution >= 4 is 17.8 Å². The monoisotopic (exact) mass is 705 g/mol. The molecule has 0 spiro atoms. The van der Waals surface area contributed by atoms with Crippen molar-refractivity contribution in [2.24, 2.45) is 5.73 Å². The van der Waals surface area contributed by atoms with Gasteiger partial charge < -0.3 is 20.9 Å². The van der Waals surface area contributed by atoms with Crippen molar-refractivity contribution in [3.05, 3.63) is 24.3 Å². The Morgan fingerprint density at radius 3 is 1.56 bits per heavy atom. The Morgan fingerprint density at radius 1 is 0.580 bits per heavy atom. The Bertz CT molecular complexity index is 843. The number of carbonyl (C=O) groups excluding carboxylic acids is 2. The number of hydrogen-bond donors (Lipinski definition) is 3. The summed E-state index contributed by atoms with van der Waals surface area (Å²) in [5.74, 6) is -1.24. The number of nitrogens with two attached hydrogens (primary N) is 1. The van der Waals surface area contributed by atoms with Gasteiger partial charge in [0.2, 0.25) is 5.91 Å². The lowest BCUT2D eigenvalue weighted by Crippen LogP contribution is -2.40. The van der Waals surface area contributed by atoms with E-state index in [1.807, 2.05) is 0 Å². The largest absolute Gasteiger partial charge is 0.480 e. The molecule has 50 heavy (non-hydrogen) atoms. The van der Waals surface area contributed by atoms with Gasteiger partial charge in [0.05, 0.1) is 0 Å². The first kappa shape index (κ1) is 47.8. The van der Waals surface area contributed by atoms with Gasteiger partial charge in [-0.3, -0.25) is 9.59 Å². The van der Waals surface area contributed by atoms with Gasteiger partial charge in [0, 0.05) is 12.8 Å². The molecule has 0 aromatic heterocycles. The molecule has 0 aromatic carbocycles.